The molecule has 0 saturated heterocycles. The van der Waals surface area contributed by atoms with Crippen molar-refractivity contribution < 1.29 is 4.79 Å². The van der Waals surface area contributed by atoms with Crippen LogP contribution in [0.1, 0.15) is 11.1 Å². The highest BCUT2D eigenvalue weighted by molar-refractivity contribution is 7.80. The van der Waals surface area contributed by atoms with Crippen LogP contribution in [0.15, 0.2) is 60.7 Å². The molecule has 1 unspecified atom stereocenters. The molecule has 142 valence electrons. The number of rotatable bonds is 5. The summed E-state index contributed by atoms with van der Waals surface area (Å²) in [6.07, 6.45) is 1.99. The molecule has 0 aliphatic rings. The van der Waals surface area contributed by atoms with Crippen LogP contribution in [0.2, 0.25) is 0 Å². The minimum absolute atomic E-state index is 0.211. The Hall–Kier alpha value is -1.79. The van der Waals surface area contributed by atoms with E-state index in [1.165, 1.54) is 6.08 Å². The van der Waals surface area contributed by atoms with Crippen LogP contribution in [0.25, 0.3) is 6.08 Å². The third kappa shape index (κ3) is 7.77. The SMILES string of the molecule is Cc1ccc(NC(=S)NC(NC(=O)C=Cc2ccccc2)C(Cl)(Cl)Cl)cc1. The molecular formula is C19H18Cl3N3OS. The van der Waals surface area contributed by atoms with Crippen molar-refractivity contribution in [3.8, 4) is 0 Å². The normalized spacial score (nSPS) is 12.4. The lowest BCUT2D eigenvalue weighted by molar-refractivity contribution is -0.117. The molecule has 0 aromatic heterocycles. The highest BCUT2D eigenvalue weighted by Gasteiger charge is 2.34. The largest absolute Gasteiger partial charge is 0.339 e. The molecule has 4 nitrogen and oxygen atoms in total. The summed E-state index contributed by atoms with van der Waals surface area (Å²) in [6, 6.07) is 17.0. The van der Waals surface area contributed by atoms with E-state index in [0.29, 0.717) is 0 Å². The summed E-state index contributed by atoms with van der Waals surface area (Å²) in [5, 5.41) is 8.59. The van der Waals surface area contributed by atoms with Crippen LogP contribution in [0.3, 0.4) is 0 Å². The number of thiocarbonyl (C=S) groups is 1. The van der Waals surface area contributed by atoms with Crippen molar-refractivity contribution in [3.05, 3.63) is 71.8 Å². The standard InChI is InChI=1S/C19H18Cl3N3OS/c1-13-7-10-15(11-8-13)23-18(27)25-17(19(20,21)22)24-16(26)12-9-14-5-3-2-4-6-14/h2-12,17H,1H3,(H,24,26)(H2,23,25,27). The first-order valence-corrected chi connectivity index (χ1v) is 9.53. The second-order valence-electron chi connectivity index (χ2n) is 5.69. The third-order valence-corrected chi connectivity index (χ3v) is 4.30. The van der Waals surface area contributed by atoms with Crippen molar-refractivity contribution in [2.45, 2.75) is 16.9 Å². The molecule has 0 bridgehead atoms. The van der Waals surface area contributed by atoms with Gasteiger partial charge in [0.25, 0.3) is 0 Å². The van der Waals surface area contributed by atoms with Gasteiger partial charge in [-0.1, -0.05) is 82.8 Å². The number of carbonyl (C=O) groups excluding carboxylic acids is 1. The van der Waals surface area contributed by atoms with Crippen molar-refractivity contribution >= 4 is 69.8 Å². The number of hydrogen-bond donors (Lipinski definition) is 3. The molecule has 2 aromatic rings. The second-order valence-corrected chi connectivity index (χ2v) is 8.47. The molecule has 1 amide bonds. The Bertz CT molecular complexity index is 805. The maximum absolute atomic E-state index is 12.2. The molecule has 0 radical (unpaired) electrons. The number of halogens is 3. The number of aryl methyl sites for hydroxylation is 1. The molecule has 2 aromatic carbocycles. The van der Waals surface area contributed by atoms with Crippen LogP contribution in [-0.2, 0) is 4.79 Å². The first-order valence-electron chi connectivity index (χ1n) is 7.98. The van der Waals surface area contributed by atoms with Gasteiger partial charge in [0, 0.05) is 11.8 Å². The van der Waals surface area contributed by atoms with E-state index in [-0.39, 0.29) is 5.11 Å². The quantitative estimate of drug-likeness (QED) is 0.269. The van der Waals surface area contributed by atoms with Gasteiger partial charge in [-0.2, -0.15) is 0 Å². The van der Waals surface area contributed by atoms with Gasteiger partial charge in [0.1, 0.15) is 6.17 Å². The van der Waals surface area contributed by atoms with Gasteiger partial charge in [0.05, 0.1) is 0 Å². The minimum Gasteiger partial charge on any atom is -0.339 e. The van der Waals surface area contributed by atoms with Crippen molar-refractivity contribution in [2.75, 3.05) is 5.32 Å². The first kappa shape index (κ1) is 21.5. The molecule has 0 heterocycles. The van der Waals surface area contributed by atoms with Crippen molar-refractivity contribution in [1.82, 2.24) is 10.6 Å². The van der Waals surface area contributed by atoms with E-state index in [4.69, 9.17) is 47.0 Å². The average molecular weight is 443 g/mol. The number of benzene rings is 2. The summed E-state index contributed by atoms with van der Waals surface area (Å²) in [7, 11) is 0. The smallest absolute Gasteiger partial charge is 0.245 e. The van der Waals surface area contributed by atoms with Crippen LogP contribution in [-0.4, -0.2) is 21.0 Å². The Morgan fingerprint density at radius 1 is 1.04 bits per heavy atom. The molecule has 27 heavy (non-hydrogen) atoms. The highest BCUT2D eigenvalue weighted by Crippen LogP contribution is 2.29. The molecule has 2 rings (SSSR count). The molecule has 0 saturated carbocycles. The maximum Gasteiger partial charge on any atom is 0.245 e. The van der Waals surface area contributed by atoms with Gasteiger partial charge in [0.15, 0.2) is 5.11 Å². The average Bonchev–Trinajstić information content (AvgIpc) is 2.61. The second kappa shape index (κ2) is 9.95. The number of amides is 1. The Morgan fingerprint density at radius 3 is 2.26 bits per heavy atom. The number of hydrogen-bond acceptors (Lipinski definition) is 2. The molecule has 0 fully saturated rings. The van der Waals surface area contributed by atoms with E-state index < -0.39 is 15.9 Å². The predicted octanol–water partition coefficient (Wildman–Crippen LogP) is 4.81. The topological polar surface area (TPSA) is 53.2 Å². The van der Waals surface area contributed by atoms with Crippen LogP contribution in [0.5, 0.6) is 0 Å². The fourth-order valence-corrected chi connectivity index (χ4v) is 2.62. The van der Waals surface area contributed by atoms with E-state index in [2.05, 4.69) is 16.0 Å². The zero-order valence-electron chi connectivity index (χ0n) is 14.4. The van der Waals surface area contributed by atoms with Crippen molar-refractivity contribution in [3.63, 3.8) is 0 Å². The molecule has 0 aliphatic heterocycles. The molecule has 0 spiro atoms. The summed E-state index contributed by atoms with van der Waals surface area (Å²) in [6.45, 7) is 1.98. The van der Waals surface area contributed by atoms with Crippen LogP contribution >= 0.6 is 47.0 Å². The first-order chi connectivity index (χ1) is 12.7. The van der Waals surface area contributed by atoms with Crippen LogP contribution in [0, 0.1) is 6.92 Å². The van der Waals surface area contributed by atoms with Gasteiger partial charge in [-0.15, -0.1) is 0 Å². The fourth-order valence-electron chi connectivity index (χ4n) is 2.06. The summed E-state index contributed by atoms with van der Waals surface area (Å²) in [5.74, 6) is -0.430. The Morgan fingerprint density at radius 2 is 1.67 bits per heavy atom. The maximum atomic E-state index is 12.2. The van der Waals surface area contributed by atoms with E-state index in [0.717, 1.165) is 16.8 Å². The monoisotopic (exact) mass is 441 g/mol. The third-order valence-electron chi connectivity index (χ3n) is 3.43. The van der Waals surface area contributed by atoms with Gasteiger partial charge < -0.3 is 16.0 Å². The van der Waals surface area contributed by atoms with Crippen molar-refractivity contribution in [2.24, 2.45) is 0 Å². The predicted molar refractivity (Wildman–Crippen MR) is 118 cm³/mol. The van der Waals surface area contributed by atoms with Crippen LogP contribution < -0.4 is 16.0 Å². The zero-order chi connectivity index (χ0) is 19.9. The highest BCUT2D eigenvalue weighted by atomic mass is 35.6. The number of nitrogens with one attached hydrogen (secondary N) is 3. The summed E-state index contributed by atoms with van der Waals surface area (Å²) >= 11 is 23.2. The van der Waals surface area contributed by atoms with E-state index in [1.807, 2.05) is 61.5 Å². The van der Waals surface area contributed by atoms with E-state index in [1.54, 1.807) is 6.08 Å². The van der Waals surface area contributed by atoms with Gasteiger partial charge in [0.2, 0.25) is 9.70 Å². The molecule has 1 atom stereocenters. The van der Waals surface area contributed by atoms with Gasteiger partial charge >= 0.3 is 0 Å². The number of carbonyl (C=O) groups is 1. The van der Waals surface area contributed by atoms with Gasteiger partial charge in [-0.05, 0) is 42.9 Å². The van der Waals surface area contributed by atoms with E-state index >= 15 is 0 Å². The Labute approximate surface area is 178 Å². The molecule has 3 N–H and O–H groups in total. The summed E-state index contributed by atoms with van der Waals surface area (Å²) in [5.41, 5.74) is 2.77. The lowest BCUT2D eigenvalue weighted by Crippen LogP contribution is -2.55. The molecular weight excluding hydrogens is 425 g/mol. The van der Waals surface area contributed by atoms with Crippen molar-refractivity contribution in [1.29, 1.82) is 0 Å². The zero-order valence-corrected chi connectivity index (χ0v) is 17.5. The Kier molecular flexibility index (Phi) is 7.92. The molecule has 0 aliphatic carbocycles. The lowest BCUT2D eigenvalue weighted by Gasteiger charge is -2.27. The fraction of sp³-hybridized carbons (Fsp3) is 0.158. The Balaban J connectivity index is 1.98. The number of alkyl halides is 3. The molecule has 8 heteroatoms. The summed E-state index contributed by atoms with van der Waals surface area (Å²) < 4.78 is -1.81. The van der Waals surface area contributed by atoms with Crippen LogP contribution in [0.4, 0.5) is 5.69 Å². The minimum atomic E-state index is -1.81. The number of anilines is 1. The lowest BCUT2D eigenvalue weighted by atomic mass is 10.2. The van der Waals surface area contributed by atoms with Gasteiger partial charge in [-0.25, -0.2) is 0 Å². The summed E-state index contributed by atoms with van der Waals surface area (Å²) in [4.78, 5) is 12.2. The van der Waals surface area contributed by atoms with Gasteiger partial charge in [-0.3, -0.25) is 4.79 Å². The van der Waals surface area contributed by atoms with E-state index in [9.17, 15) is 4.79 Å².